The fourth-order valence-corrected chi connectivity index (χ4v) is 4.14. The van der Waals surface area contributed by atoms with Gasteiger partial charge in [0, 0.05) is 52.0 Å². The van der Waals surface area contributed by atoms with E-state index in [9.17, 15) is 0 Å². The van der Waals surface area contributed by atoms with Crippen molar-refractivity contribution in [2.75, 3.05) is 17.6 Å². The number of nitrogens with zero attached hydrogens (tertiary/aromatic N) is 2. The molecule has 0 radical (unpaired) electrons. The van der Waals surface area contributed by atoms with Crippen molar-refractivity contribution in [1.29, 1.82) is 0 Å². The molecule has 0 aliphatic rings. The number of hydrogen-bond acceptors (Lipinski definition) is 4. The zero-order chi connectivity index (χ0) is 21.5. The number of fused-ring (bicyclic) bond motifs is 2. The van der Waals surface area contributed by atoms with Gasteiger partial charge >= 0.3 is 0 Å². The molecule has 5 rings (SSSR count). The molecular weight excluding hydrogens is 384 g/mol. The number of aromatic amines is 2. The Morgan fingerprint density at radius 2 is 1.84 bits per heavy atom. The molecule has 0 atom stereocenters. The summed E-state index contributed by atoms with van der Waals surface area (Å²) in [7, 11) is 0. The third-order valence-corrected chi connectivity index (χ3v) is 6.04. The Hall–Kier alpha value is -3.80. The van der Waals surface area contributed by atoms with E-state index in [4.69, 9.17) is 5.73 Å². The molecule has 0 fully saturated rings. The van der Waals surface area contributed by atoms with Crippen molar-refractivity contribution >= 4 is 33.6 Å². The molecule has 0 saturated heterocycles. The Bertz CT molecular complexity index is 1410. The van der Waals surface area contributed by atoms with Gasteiger partial charge < -0.3 is 21.0 Å². The average molecular weight is 411 g/mol. The highest BCUT2D eigenvalue weighted by atomic mass is 15.1. The first-order chi connectivity index (χ1) is 15.0. The molecule has 3 aromatic heterocycles. The van der Waals surface area contributed by atoms with E-state index in [2.05, 4.69) is 88.6 Å². The zero-order valence-corrected chi connectivity index (χ0v) is 18.0. The maximum Gasteiger partial charge on any atom is 0.224 e. The van der Waals surface area contributed by atoms with Crippen molar-refractivity contribution in [3.63, 3.8) is 0 Å². The molecule has 2 aromatic carbocycles. The van der Waals surface area contributed by atoms with Gasteiger partial charge in [-0.25, -0.2) is 4.98 Å². The first-order valence-electron chi connectivity index (χ1n) is 10.5. The highest BCUT2D eigenvalue weighted by Gasteiger charge is 2.11. The van der Waals surface area contributed by atoms with Crippen LogP contribution in [0.25, 0.3) is 32.9 Å². The third-order valence-electron chi connectivity index (χ3n) is 6.04. The van der Waals surface area contributed by atoms with Crippen LogP contribution in [0.5, 0.6) is 0 Å². The normalized spacial score (nSPS) is 11.5. The second-order valence-electron chi connectivity index (χ2n) is 8.17. The van der Waals surface area contributed by atoms with E-state index in [0.29, 0.717) is 11.8 Å². The molecule has 3 heterocycles. The van der Waals surface area contributed by atoms with Crippen LogP contribution in [0.4, 0.5) is 11.8 Å². The number of nitrogens with one attached hydrogen (secondary N) is 3. The van der Waals surface area contributed by atoms with Crippen LogP contribution in [0.1, 0.15) is 22.4 Å². The van der Waals surface area contributed by atoms with Crippen LogP contribution in [0.15, 0.2) is 48.8 Å². The van der Waals surface area contributed by atoms with Crippen molar-refractivity contribution < 1.29 is 0 Å². The number of aryl methyl sites for hydroxylation is 3. The van der Waals surface area contributed by atoms with Gasteiger partial charge in [-0.3, -0.25) is 0 Å². The Morgan fingerprint density at radius 3 is 2.68 bits per heavy atom. The van der Waals surface area contributed by atoms with Gasteiger partial charge in [0.2, 0.25) is 5.95 Å². The summed E-state index contributed by atoms with van der Waals surface area (Å²) in [5, 5.41) is 5.77. The first-order valence-corrected chi connectivity index (χ1v) is 10.5. The molecule has 0 spiro atoms. The third kappa shape index (κ3) is 3.50. The van der Waals surface area contributed by atoms with Crippen molar-refractivity contribution in [2.24, 2.45) is 0 Å². The minimum Gasteiger partial charge on any atom is -0.383 e. The molecule has 31 heavy (non-hydrogen) atoms. The minimum atomic E-state index is 0.476. The van der Waals surface area contributed by atoms with Crippen molar-refractivity contribution in [1.82, 2.24) is 19.9 Å². The standard InChI is InChI=1S/C25H26N6/c1-14-4-6-22-20(10-14)18(12-28-22)8-9-27-25-29-13-21(24(26)31-25)17-5-7-23-19(11-17)15(2)16(3)30-23/h4-7,10-13,28,30H,8-9H2,1-3H3,(H3,26,27,29,31). The molecule has 0 amide bonds. The molecule has 6 heteroatoms. The fraction of sp³-hybridized carbons (Fsp3) is 0.200. The van der Waals surface area contributed by atoms with Crippen molar-refractivity contribution in [3.05, 3.63) is 71.2 Å². The van der Waals surface area contributed by atoms with Crippen LogP contribution < -0.4 is 11.1 Å². The van der Waals surface area contributed by atoms with Crippen LogP contribution in [0, 0.1) is 20.8 Å². The van der Waals surface area contributed by atoms with Gasteiger partial charge in [0.25, 0.3) is 0 Å². The highest BCUT2D eigenvalue weighted by molar-refractivity contribution is 5.90. The lowest BCUT2D eigenvalue weighted by Crippen LogP contribution is -2.09. The maximum absolute atomic E-state index is 6.29. The van der Waals surface area contributed by atoms with Crippen LogP contribution in [-0.2, 0) is 6.42 Å². The monoisotopic (exact) mass is 410 g/mol. The van der Waals surface area contributed by atoms with Crippen LogP contribution in [0.3, 0.4) is 0 Å². The smallest absolute Gasteiger partial charge is 0.224 e. The highest BCUT2D eigenvalue weighted by Crippen LogP contribution is 2.30. The second-order valence-corrected chi connectivity index (χ2v) is 8.17. The maximum atomic E-state index is 6.29. The number of anilines is 2. The van der Waals surface area contributed by atoms with E-state index in [-0.39, 0.29) is 0 Å². The average Bonchev–Trinajstić information content (AvgIpc) is 3.28. The number of hydrogen-bond donors (Lipinski definition) is 4. The SMILES string of the molecule is Cc1ccc2[nH]cc(CCNc3ncc(-c4ccc5[nH]c(C)c(C)c5c4)c(N)n3)c2c1. The quantitative estimate of drug-likeness (QED) is 0.317. The number of aromatic nitrogens is 4. The van der Waals surface area contributed by atoms with Gasteiger partial charge in [0.05, 0.1) is 0 Å². The Balaban J connectivity index is 1.32. The predicted octanol–water partition coefficient (Wildman–Crippen LogP) is 5.27. The predicted molar refractivity (Wildman–Crippen MR) is 128 cm³/mol. The van der Waals surface area contributed by atoms with Gasteiger partial charge in [0.1, 0.15) is 5.82 Å². The van der Waals surface area contributed by atoms with E-state index in [1.54, 1.807) is 6.20 Å². The topological polar surface area (TPSA) is 95.4 Å². The van der Waals surface area contributed by atoms with E-state index >= 15 is 0 Å². The zero-order valence-electron chi connectivity index (χ0n) is 18.0. The van der Waals surface area contributed by atoms with E-state index in [1.807, 2.05) is 0 Å². The lowest BCUT2D eigenvalue weighted by molar-refractivity contribution is 0.992. The number of rotatable bonds is 5. The van der Waals surface area contributed by atoms with Crippen LogP contribution in [-0.4, -0.2) is 26.5 Å². The number of H-pyrrole nitrogens is 2. The summed E-state index contributed by atoms with van der Waals surface area (Å²) in [6, 6.07) is 12.7. The van der Waals surface area contributed by atoms with Crippen LogP contribution >= 0.6 is 0 Å². The van der Waals surface area contributed by atoms with E-state index in [1.165, 1.54) is 33.2 Å². The number of nitrogens with two attached hydrogens (primary N) is 1. The van der Waals surface area contributed by atoms with E-state index in [0.717, 1.165) is 35.1 Å². The Morgan fingerprint density at radius 1 is 1.00 bits per heavy atom. The molecule has 6 nitrogen and oxygen atoms in total. The summed E-state index contributed by atoms with van der Waals surface area (Å²) in [6.07, 6.45) is 4.75. The summed E-state index contributed by atoms with van der Waals surface area (Å²) < 4.78 is 0. The van der Waals surface area contributed by atoms with Crippen molar-refractivity contribution in [2.45, 2.75) is 27.2 Å². The molecule has 0 aliphatic carbocycles. The summed E-state index contributed by atoms with van der Waals surface area (Å²) >= 11 is 0. The lowest BCUT2D eigenvalue weighted by Gasteiger charge is -2.09. The number of benzene rings is 2. The molecule has 0 unspecified atom stereocenters. The second kappa shape index (κ2) is 7.47. The van der Waals surface area contributed by atoms with Crippen LogP contribution in [0.2, 0.25) is 0 Å². The molecule has 156 valence electrons. The molecule has 0 saturated carbocycles. The van der Waals surface area contributed by atoms with Gasteiger partial charge in [0.15, 0.2) is 0 Å². The van der Waals surface area contributed by atoms with Gasteiger partial charge in [-0.15, -0.1) is 0 Å². The molecule has 5 N–H and O–H groups in total. The molecular formula is C25H26N6. The van der Waals surface area contributed by atoms with Gasteiger partial charge in [-0.2, -0.15) is 4.98 Å². The van der Waals surface area contributed by atoms with Gasteiger partial charge in [-0.1, -0.05) is 17.7 Å². The molecule has 0 bridgehead atoms. The van der Waals surface area contributed by atoms with E-state index < -0.39 is 0 Å². The minimum absolute atomic E-state index is 0.476. The summed E-state index contributed by atoms with van der Waals surface area (Å²) in [5.74, 6) is 1.02. The fourth-order valence-electron chi connectivity index (χ4n) is 4.14. The number of nitrogen functional groups attached to an aromatic ring is 1. The molecule has 0 aliphatic heterocycles. The van der Waals surface area contributed by atoms with Crippen molar-refractivity contribution in [3.8, 4) is 11.1 Å². The molecule has 5 aromatic rings. The Kier molecular flexibility index (Phi) is 4.62. The van der Waals surface area contributed by atoms with Gasteiger partial charge in [-0.05, 0) is 68.1 Å². The Labute approximate surface area is 180 Å². The summed E-state index contributed by atoms with van der Waals surface area (Å²) in [4.78, 5) is 15.7. The first kappa shape index (κ1) is 19.2. The largest absolute Gasteiger partial charge is 0.383 e. The lowest BCUT2D eigenvalue weighted by atomic mass is 10.0. The summed E-state index contributed by atoms with van der Waals surface area (Å²) in [6.45, 7) is 7.06. The summed E-state index contributed by atoms with van der Waals surface area (Å²) in [5.41, 5.74) is 15.4.